The van der Waals surface area contributed by atoms with Crippen LogP contribution in [0.15, 0.2) is 69.5 Å². The van der Waals surface area contributed by atoms with Crippen molar-refractivity contribution in [3.05, 3.63) is 77.0 Å². The zero-order valence-corrected chi connectivity index (χ0v) is 21.0. The van der Waals surface area contributed by atoms with Crippen molar-refractivity contribution in [3.8, 4) is 0 Å². The number of hydrogen-bond acceptors (Lipinski definition) is 6. The lowest BCUT2D eigenvalue weighted by molar-refractivity contribution is 0.0730. The smallest absolute Gasteiger partial charge is 0.258 e. The number of rotatable bonds is 6. The van der Waals surface area contributed by atoms with Gasteiger partial charge in [-0.3, -0.25) is 4.79 Å². The maximum atomic E-state index is 13.2. The highest BCUT2D eigenvalue weighted by atomic mass is 32.2. The number of carbonyl (C=O) groups excluding carboxylic acids is 1. The van der Waals surface area contributed by atoms with Gasteiger partial charge in [-0.05, 0) is 67.8 Å². The number of sulfonamides is 1. The minimum atomic E-state index is -3.69. The average Bonchev–Trinajstić information content (AvgIpc) is 2.83. The van der Waals surface area contributed by atoms with E-state index in [4.69, 9.17) is 4.74 Å². The Morgan fingerprint density at radius 1 is 1.03 bits per heavy atom. The van der Waals surface area contributed by atoms with Crippen LogP contribution in [0.5, 0.6) is 0 Å². The predicted octanol–water partition coefficient (Wildman–Crippen LogP) is 4.43. The Kier molecular flexibility index (Phi) is 7.37. The lowest BCUT2D eigenvalue weighted by Gasteiger charge is -2.26. The highest BCUT2D eigenvalue weighted by molar-refractivity contribution is 7.99. The maximum absolute atomic E-state index is 13.2. The third-order valence-corrected chi connectivity index (χ3v) is 8.82. The van der Waals surface area contributed by atoms with E-state index in [0.717, 1.165) is 16.0 Å². The molecule has 1 N–H and O–H groups in total. The van der Waals surface area contributed by atoms with Crippen LogP contribution in [-0.2, 0) is 14.8 Å². The number of pyridine rings is 1. The molecule has 2 aromatic carbocycles. The Morgan fingerprint density at radius 2 is 1.76 bits per heavy atom. The summed E-state index contributed by atoms with van der Waals surface area (Å²) in [7, 11) is -3.69. The zero-order chi connectivity index (χ0) is 24.3. The number of ether oxygens (including phenoxy) is 1. The van der Waals surface area contributed by atoms with Crippen LogP contribution in [-0.4, -0.2) is 49.9 Å². The van der Waals surface area contributed by atoms with E-state index in [2.05, 4.69) is 16.4 Å². The van der Waals surface area contributed by atoms with Crippen LogP contribution in [0.3, 0.4) is 0 Å². The molecule has 1 fully saturated rings. The molecule has 178 valence electrons. The second-order valence-electron chi connectivity index (χ2n) is 8.18. The molecule has 1 amide bonds. The molecule has 1 aliphatic rings. The van der Waals surface area contributed by atoms with E-state index in [0.29, 0.717) is 48.1 Å². The molecule has 3 aromatic rings. The number of amides is 1. The van der Waals surface area contributed by atoms with Crippen LogP contribution in [0.1, 0.15) is 27.0 Å². The molecule has 34 heavy (non-hydrogen) atoms. The molecule has 1 aliphatic heterocycles. The molecule has 4 rings (SSSR count). The number of morpholine rings is 1. The highest BCUT2D eigenvalue weighted by Gasteiger charge is 2.28. The third kappa shape index (κ3) is 5.33. The summed E-state index contributed by atoms with van der Waals surface area (Å²) in [5.41, 5.74) is 3.69. The van der Waals surface area contributed by atoms with Gasteiger partial charge in [-0.15, -0.1) is 0 Å². The van der Waals surface area contributed by atoms with Crippen molar-refractivity contribution in [2.45, 2.75) is 35.6 Å². The summed E-state index contributed by atoms with van der Waals surface area (Å²) in [6, 6.07) is 14.5. The summed E-state index contributed by atoms with van der Waals surface area (Å²) in [6.07, 6.45) is 1.66. The predicted molar refractivity (Wildman–Crippen MR) is 133 cm³/mol. The summed E-state index contributed by atoms with van der Waals surface area (Å²) in [6.45, 7) is 7.16. The molecule has 0 unspecified atom stereocenters. The molecule has 1 aromatic heterocycles. The number of benzene rings is 2. The van der Waals surface area contributed by atoms with Crippen LogP contribution in [0, 0.1) is 20.8 Å². The fourth-order valence-corrected chi connectivity index (χ4v) is 6.37. The summed E-state index contributed by atoms with van der Waals surface area (Å²) in [5.74, 6) is -0.348. The van der Waals surface area contributed by atoms with Gasteiger partial charge < -0.3 is 10.1 Å². The lowest BCUT2D eigenvalue weighted by Crippen LogP contribution is -2.40. The molecular formula is C25H27N3O4S2. The number of anilines is 1. The maximum Gasteiger partial charge on any atom is 0.258 e. The first-order chi connectivity index (χ1) is 16.3. The van der Waals surface area contributed by atoms with Gasteiger partial charge in [0.1, 0.15) is 5.03 Å². The third-order valence-electron chi connectivity index (χ3n) is 5.60. The molecular weight excluding hydrogens is 470 g/mol. The van der Waals surface area contributed by atoms with Gasteiger partial charge in [0, 0.05) is 29.9 Å². The lowest BCUT2D eigenvalue weighted by atomic mass is 10.2. The van der Waals surface area contributed by atoms with Crippen molar-refractivity contribution < 1.29 is 17.9 Å². The van der Waals surface area contributed by atoms with Crippen molar-refractivity contribution in [1.29, 1.82) is 0 Å². The van der Waals surface area contributed by atoms with Crippen LogP contribution in [0.25, 0.3) is 0 Å². The Hall–Kier alpha value is -2.72. The first kappa shape index (κ1) is 24.4. The first-order valence-corrected chi connectivity index (χ1v) is 13.2. The van der Waals surface area contributed by atoms with Crippen LogP contribution < -0.4 is 5.32 Å². The molecule has 2 heterocycles. The minimum Gasteiger partial charge on any atom is -0.379 e. The Labute approximate surface area is 204 Å². The van der Waals surface area contributed by atoms with Crippen LogP contribution >= 0.6 is 11.8 Å². The van der Waals surface area contributed by atoms with Gasteiger partial charge in [-0.25, -0.2) is 13.4 Å². The van der Waals surface area contributed by atoms with Gasteiger partial charge in [-0.1, -0.05) is 30.0 Å². The van der Waals surface area contributed by atoms with Gasteiger partial charge in [0.2, 0.25) is 10.0 Å². The first-order valence-electron chi connectivity index (χ1n) is 11.0. The summed E-state index contributed by atoms with van der Waals surface area (Å²) in [4.78, 5) is 18.8. The van der Waals surface area contributed by atoms with Crippen LogP contribution in [0.4, 0.5) is 5.69 Å². The standard InChI is InChI=1S/C25H27N3O4S2/c1-17-6-7-18(2)22(15-17)33-25-21(5-4-10-26-25)24(29)27-20-9-8-19(3)23(16-20)34(30,31)28-11-13-32-14-12-28/h4-10,15-16H,11-14H2,1-3H3,(H,27,29). The second-order valence-corrected chi connectivity index (χ2v) is 11.1. The summed E-state index contributed by atoms with van der Waals surface area (Å²) in [5, 5.41) is 3.44. The van der Waals surface area contributed by atoms with Crippen molar-refractivity contribution in [2.24, 2.45) is 0 Å². The fraction of sp³-hybridized carbons (Fsp3) is 0.280. The van der Waals surface area contributed by atoms with Crippen molar-refractivity contribution in [1.82, 2.24) is 9.29 Å². The molecule has 9 heteroatoms. The van der Waals surface area contributed by atoms with E-state index in [9.17, 15) is 13.2 Å². The molecule has 0 radical (unpaired) electrons. The normalized spacial score (nSPS) is 14.7. The Bertz CT molecular complexity index is 1320. The van der Waals surface area contributed by atoms with E-state index >= 15 is 0 Å². The Morgan fingerprint density at radius 3 is 2.53 bits per heavy atom. The van der Waals surface area contributed by atoms with Crippen molar-refractivity contribution >= 4 is 33.4 Å². The number of aryl methyl sites for hydroxylation is 3. The highest BCUT2D eigenvalue weighted by Crippen LogP contribution is 2.32. The van der Waals surface area contributed by atoms with E-state index in [-0.39, 0.29) is 10.8 Å². The monoisotopic (exact) mass is 497 g/mol. The number of aromatic nitrogens is 1. The van der Waals surface area contributed by atoms with E-state index in [1.54, 1.807) is 37.4 Å². The van der Waals surface area contributed by atoms with E-state index in [1.807, 2.05) is 26.0 Å². The molecule has 1 saturated heterocycles. The molecule has 7 nitrogen and oxygen atoms in total. The SMILES string of the molecule is Cc1ccc(C)c(Sc2ncccc2C(=O)Nc2ccc(C)c(S(=O)(=O)N3CCOCC3)c2)c1. The largest absolute Gasteiger partial charge is 0.379 e. The van der Waals surface area contributed by atoms with Crippen LogP contribution in [0.2, 0.25) is 0 Å². The summed E-state index contributed by atoms with van der Waals surface area (Å²) >= 11 is 1.44. The fourth-order valence-electron chi connectivity index (χ4n) is 3.65. The van der Waals surface area contributed by atoms with E-state index < -0.39 is 10.0 Å². The number of hydrogen-bond donors (Lipinski definition) is 1. The number of nitrogens with one attached hydrogen (secondary N) is 1. The van der Waals surface area contributed by atoms with Gasteiger partial charge in [0.15, 0.2) is 0 Å². The number of carbonyl (C=O) groups is 1. The van der Waals surface area contributed by atoms with Crippen molar-refractivity contribution in [2.75, 3.05) is 31.6 Å². The van der Waals surface area contributed by atoms with E-state index in [1.165, 1.54) is 22.1 Å². The van der Waals surface area contributed by atoms with Gasteiger partial charge in [0.25, 0.3) is 5.91 Å². The average molecular weight is 498 g/mol. The molecule has 0 aliphatic carbocycles. The Balaban J connectivity index is 1.59. The minimum absolute atomic E-state index is 0.184. The molecule has 0 saturated carbocycles. The zero-order valence-electron chi connectivity index (χ0n) is 19.4. The molecule has 0 spiro atoms. The second kappa shape index (κ2) is 10.3. The summed E-state index contributed by atoms with van der Waals surface area (Å²) < 4.78 is 33.1. The molecule has 0 atom stereocenters. The topological polar surface area (TPSA) is 88.6 Å². The quantitative estimate of drug-likeness (QED) is 0.542. The van der Waals surface area contributed by atoms with Gasteiger partial charge in [-0.2, -0.15) is 4.31 Å². The molecule has 0 bridgehead atoms. The van der Waals surface area contributed by atoms with Gasteiger partial charge >= 0.3 is 0 Å². The van der Waals surface area contributed by atoms with Crippen molar-refractivity contribution in [3.63, 3.8) is 0 Å². The van der Waals surface area contributed by atoms with Gasteiger partial charge in [0.05, 0.1) is 23.7 Å². The number of nitrogens with zero attached hydrogens (tertiary/aromatic N) is 2.